The van der Waals surface area contributed by atoms with Crippen LogP contribution in [0.25, 0.3) is 0 Å². The summed E-state index contributed by atoms with van der Waals surface area (Å²) in [6.45, 7) is 0. The van der Waals surface area contributed by atoms with Crippen molar-refractivity contribution in [3.05, 3.63) is 45.8 Å². The highest BCUT2D eigenvalue weighted by atomic mass is 32.2. The number of Topliss-reactive ketones (excluding diaryl/α,β-unsaturated/α-hetero) is 2. The number of halogens is 2. The van der Waals surface area contributed by atoms with Crippen LogP contribution < -0.4 is 0 Å². The molecule has 0 saturated carbocycles. The molecule has 4 nitrogen and oxygen atoms in total. The molecule has 0 fully saturated rings. The van der Waals surface area contributed by atoms with Crippen LogP contribution in [0.5, 0.6) is 0 Å². The van der Waals surface area contributed by atoms with E-state index in [0.717, 1.165) is 24.3 Å². The fourth-order valence-electron chi connectivity index (χ4n) is 1.71. The second kappa shape index (κ2) is 4.65. The number of allylic oxidation sites excluding steroid dienone is 8. The van der Waals surface area contributed by atoms with E-state index in [1.165, 1.54) is 0 Å². The lowest BCUT2D eigenvalue weighted by Crippen LogP contribution is -2.22. The number of hydrogen-bond acceptors (Lipinski definition) is 4. The van der Waals surface area contributed by atoms with E-state index < -0.39 is 55.7 Å². The predicted octanol–water partition coefficient (Wildman–Crippen LogP) is 1.82. The Labute approximate surface area is 107 Å². The number of rotatable bonds is 2. The van der Waals surface area contributed by atoms with Crippen LogP contribution in [0.1, 0.15) is 12.8 Å². The van der Waals surface area contributed by atoms with Gasteiger partial charge < -0.3 is 0 Å². The summed E-state index contributed by atoms with van der Waals surface area (Å²) in [5, 5.41) is 0. The highest BCUT2D eigenvalue weighted by Gasteiger charge is 2.35. The van der Waals surface area contributed by atoms with Crippen molar-refractivity contribution in [1.29, 1.82) is 0 Å². The Hall–Kier alpha value is -1.89. The average Bonchev–Trinajstić information content (AvgIpc) is 2.27. The van der Waals surface area contributed by atoms with Gasteiger partial charge in [0, 0.05) is 0 Å². The van der Waals surface area contributed by atoms with Gasteiger partial charge in [0.05, 0.1) is 12.8 Å². The van der Waals surface area contributed by atoms with Crippen molar-refractivity contribution in [3.8, 4) is 0 Å². The number of sulfone groups is 1. The first-order valence-electron chi connectivity index (χ1n) is 5.26. The molecule has 7 heteroatoms. The van der Waals surface area contributed by atoms with E-state index in [0.29, 0.717) is 0 Å². The molecular formula is C12H8F2O4S. The molecule has 0 unspecified atom stereocenters. The van der Waals surface area contributed by atoms with Gasteiger partial charge in [-0.25, -0.2) is 17.2 Å². The molecule has 2 rings (SSSR count). The quantitative estimate of drug-likeness (QED) is 0.776. The van der Waals surface area contributed by atoms with Crippen LogP contribution in [-0.4, -0.2) is 20.0 Å². The maximum absolute atomic E-state index is 12.8. The molecule has 0 bridgehead atoms. The zero-order valence-corrected chi connectivity index (χ0v) is 10.3. The fourth-order valence-corrected chi connectivity index (χ4v) is 3.19. The highest BCUT2D eigenvalue weighted by molar-refractivity contribution is 8.00. The predicted molar refractivity (Wildman–Crippen MR) is 62.7 cm³/mol. The third kappa shape index (κ3) is 2.46. The first kappa shape index (κ1) is 13.5. The van der Waals surface area contributed by atoms with Gasteiger partial charge in [-0.2, -0.15) is 0 Å². The zero-order valence-electron chi connectivity index (χ0n) is 9.52. The summed E-state index contributed by atoms with van der Waals surface area (Å²) >= 11 is 0. The maximum atomic E-state index is 12.8. The van der Waals surface area contributed by atoms with Crippen LogP contribution in [0, 0.1) is 0 Å². The van der Waals surface area contributed by atoms with Gasteiger partial charge in [0.15, 0.2) is 11.6 Å². The molecule has 0 atom stereocenters. The summed E-state index contributed by atoms with van der Waals surface area (Å²) < 4.78 is 49.8. The Morgan fingerprint density at radius 1 is 0.789 bits per heavy atom. The van der Waals surface area contributed by atoms with Gasteiger partial charge in [0.1, 0.15) is 21.5 Å². The van der Waals surface area contributed by atoms with Crippen molar-refractivity contribution in [1.82, 2.24) is 0 Å². The molecule has 0 aliphatic heterocycles. The SMILES string of the molecule is O=C1CC(F)=CC=C1S(=O)(=O)C1=CC=C(F)CC1=O. The first-order chi connectivity index (χ1) is 8.82. The molecule has 0 aromatic heterocycles. The molecule has 0 spiro atoms. The van der Waals surface area contributed by atoms with Crippen LogP contribution in [0.3, 0.4) is 0 Å². The van der Waals surface area contributed by atoms with E-state index >= 15 is 0 Å². The van der Waals surface area contributed by atoms with Crippen LogP contribution >= 0.6 is 0 Å². The summed E-state index contributed by atoms with van der Waals surface area (Å²) in [5.74, 6) is -3.36. The molecule has 0 aromatic rings. The lowest BCUT2D eigenvalue weighted by Gasteiger charge is -2.14. The van der Waals surface area contributed by atoms with Crippen molar-refractivity contribution in [2.24, 2.45) is 0 Å². The fraction of sp³-hybridized carbons (Fsp3) is 0.167. The average molecular weight is 286 g/mol. The lowest BCUT2D eigenvalue weighted by atomic mass is 10.1. The number of ketones is 2. The van der Waals surface area contributed by atoms with Crippen LogP contribution in [0.4, 0.5) is 8.78 Å². The van der Waals surface area contributed by atoms with E-state index in [2.05, 4.69) is 0 Å². The summed E-state index contributed by atoms with van der Waals surface area (Å²) in [6, 6.07) is 0. The maximum Gasteiger partial charge on any atom is 0.213 e. The molecule has 19 heavy (non-hydrogen) atoms. The summed E-state index contributed by atoms with van der Waals surface area (Å²) in [7, 11) is -4.33. The van der Waals surface area contributed by atoms with Gasteiger partial charge in [-0.1, -0.05) is 0 Å². The Kier molecular flexibility index (Phi) is 3.32. The van der Waals surface area contributed by atoms with Gasteiger partial charge in [0.25, 0.3) is 0 Å². The molecule has 0 saturated heterocycles. The third-order valence-corrected chi connectivity index (χ3v) is 4.50. The number of carbonyl (C=O) groups excluding carboxylic acids is 2. The first-order valence-corrected chi connectivity index (χ1v) is 6.75. The second-order valence-corrected chi connectivity index (χ2v) is 5.88. The summed E-state index contributed by atoms with van der Waals surface area (Å²) in [5.41, 5.74) is 0. The van der Waals surface area contributed by atoms with Crippen molar-refractivity contribution in [3.63, 3.8) is 0 Å². The second-order valence-electron chi connectivity index (χ2n) is 3.99. The minimum absolute atomic E-state index is 0.649. The van der Waals surface area contributed by atoms with E-state index in [1.54, 1.807) is 0 Å². The van der Waals surface area contributed by atoms with Gasteiger partial charge in [-0.15, -0.1) is 0 Å². The lowest BCUT2D eigenvalue weighted by molar-refractivity contribution is -0.115. The molecule has 0 N–H and O–H groups in total. The van der Waals surface area contributed by atoms with E-state index in [1.807, 2.05) is 0 Å². The molecule has 100 valence electrons. The number of carbonyl (C=O) groups is 2. The Bertz CT molecular complexity index is 639. The largest absolute Gasteiger partial charge is 0.293 e. The molecule has 0 heterocycles. The van der Waals surface area contributed by atoms with Crippen molar-refractivity contribution in [2.45, 2.75) is 12.8 Å². The van der Waals surface area contributed by atoms with Gasteiger partial charge >= 0.3 is 0 Å². The molecule has 2 aliphatic rings. The minimum Gasteiger partial charge on any atom is -0.293 e. The Morgan fingerprint density at radius 3 is 1.47 bits per heavy atom. The summed E-state index contributed by atoms with van der Waals surface area (Å²) in [6.07, 6.45) is 2.04. The van der Waals surface area contributed by atoms with Gasteiger partial charge in [0.2, 0.25) is 9.84 Å². The van der Waals surface area contributed by atoms with Crippen LogP contribution in [-0.2, 0) is 19.4 Å². The van der Waals surface area contributed by atoms with Crippen molar-refractivity contribution >= 4 is 21.4 Å². The summed E-state index contributed by atoms with van der Waals surface area (Å²) in [4.78, 5) is 21.7. The topological polar surface area (TPSA) is 68.3 Å². The minimum atomic E-state index is -4.33. The smallest absolute Gasteiger partial charge is 0.213 e. The van der Waals surface area contributed by atoms with Gasteiger partial charge in [-0.05, 0) is 24.3 Å². The normalized spacial score (nSPS) is 20.5. The van der Waals surface area contributed by atoms with Gasteiger partial charge in [-0.3, -0.25) is 9.59 Å². The number of hydrogen-bond donors (Lipinski definition) is 0. The molecule has 0 aromatic carbocycles. The van der Waals surface area contributed by atoms with E-state index in [9.17, 15) is 26.8 Å². The van der Waals surface area contributed by atoms with Crippen molar-refractivity contribution in [2.75, 3.05) is 0 Å². The Balaban J connectivity index is 2.50. The van der Waals surface area contributed by atoms with Crippen LogP contribution in [0.2, 0.25) is 0 Å². The monoisotopic (exact) mass is 286 g/mol. The molecule has 0 amide bonds. The van der Waals surface area contributed by atoms with Crippen LogP contribution in [0.15, 0.2) is 45.8 Å². The highest BCUT2D eigenvalue weighted by Crippen LogP contribution is 2.29. The molecular weight excluding hydrogens is 278 g/mol. The third-order valence-electron chi connectivity index (χ3n) is 2.62. The van der Waals surface area contributed by atoms with E-state index in [4.69, 9.17) is 0 Å². The van der Waals surface area contributed by atoms with Crippen molar-refractivity contribution < 1.29 is 26.8 Å². The van der Waals surface area contributed by atoms with E-state index in [-0.39, 0.29) is 0 Å². The standard InChI is InChI=1S/C12H8F2O4S/c13-7-1-3-11(9(15)5-7)19(17,18)12-4-2-8(14)6-10(12)16/h1-4H,5-6H2. The zero-order chi connectivity index (χ0) is 14.2. The Morgan fingerprint density at radius 2 is 1.16 bits per heavy atom. The molecule has 0 radical (unpaired) electrons. The molecule has 2 aliphatic carbocycles.